The first-order valence-corrected chi connectivity index (χ1v) is 3.94. The van der Waals surface area contributed by atoms with Gasteiger partial charge in [-0.05, 0) is 23.1 Å². The van der Waals surface area contributed by atoms with Crippen LogP contribution in [0, 0.1) is 0 Å². The monoisotopic (exact) mass is 286 g/mol. The molecule has 0 bridgehead atoms. The summed E-state index contributed by atoms with van der Waals surface area (Å²) < 4.78 is 0. The van der Waals surface area contributed by atoms with Gasteiger partial charge >= 0.3 is 23.9 Å². The number of hydrogen-bond donors (Lipinski definition) is 2. The first-order chi connectivity index (χ1) is 5.41. The number of benzene rings is 1. The predicted octanol–water partition coefficient (Wildman–Crippen LogP) is 2.01. The second-order valence-corrected chi connectivity index (χ2v) is 3.95. The van der Waals surface area contributed by atoms with Gasteiger partial charge in [0.15, 0.2) is 11.5 Å². The number of phenols is 2. The van der Waals surface area contributed by atoms with Crippen LogP contribution in [0.4, 0.5) is 0 Å². The van der Waals surface area contributed by atoms with E-state index in [1.54, 1.807) is 6.07 Å². The van der Waals surface area contributed by atoms with E-state index in [4.69, 9.17) is 5.11 Å². The van der Waals surface area contributed by atoms with Crippen LogP contribution in [-0.4, -0.2) is 34.1 Å². The van der Waals surface area contributed by atoms with E-state index in [0.717, 1.165) is 5.56 Å². The minimum absolute atomic E-state index is 0. The molecular weight excluding hydrogens is 271 g/mol. The first kappa shape index (κ1) is 12.6. The summed E-state index contributed by atoms with van der Waals surface area (Å²) in [5.74, 6) is -0.120. The molecule has 0 amide bonds. The van der Waals surface area contributed by atoms with Gasteiger partial charge in [0.1, 0.15) is 0 Å². The zero-order valence-corrected chi connectivity index (χ0v) is 11.0. The molecule has 0 atom stereocenters. The zero-order valence-electron chi connectivity index (χ0n) is 8.13. The molecule has 0 aromatic heterocycles. The Morgan fingerprint density at radius 3 is 1.92 bits per heavy atom. The summed E-state index contributed by atoms with van der Waals surface area (Å²) >= 11 is 0. The molecule has 0 aliphatic carbocycles. The summed E-state index contributed by atoms with van der Waals surface area (Å²) in [6.07, 6.45) is 0. The van der Waals surface area contributed by atoms with E-state index in [9.17, 15) is 5.11 Å². The molecule has 1 aromatic carbocycles. The molecule has 3 heteroatoms. The van der Waals surface area contributed by atoms with Crippen molar-refractivity contribution in [1.82, 2.24) is 0 Å². The second kappa shape index (κ2) is 4.22. The second-order valence-electron chi connectivity index (χ2n) is 3.95. The third kappa shape index (κ3) is 3.10. The standard InChI is InChI=1S/C10H14O2.Sn/c1-10(2,3)7-4-5-8(11)9(12)6-7;/h4-6,11-12H,1-3H3;/q;+2. The Hall–Kier alpha value is -0.381. The molecule has 2 nitrogen and oxygen atoms in total. The van der Waals surface area contributed by atoms with Crippen LogP contribution in [0.5, 0.6) is 11.5 Å². The Kier molecular flexibility index (Phi) is 4.10. The summed E-state index contributed by atoms with van der Waals surface area (Å²) in [5.41, 5.74) is 1.02. The largest absolute Gasteiger partial charge is 2.00 e. The molecule has 68 valence electrons. The fourth-order valence-corrected chi connectivity index (χ4v) is 0.990. The Morgan fingerprint density at radius 1 is 1.00 bits per heavy atom. The van der Waals surface area contributed by atoms with Crippen LogP contribution in [0.2, 0.25) is 0 Å². The van der Waals surface area contributed by atoms with Gasteiger partial charge in [-0.1, -0.05) is 26.8 Å². The van der Waals surface area contributed by atoms with Crippen molar-refractivity contribution < 1.29 is 10.2 Å². The normalized spacial score (nSPS) is 10.7. The van der Waals surface area contributed by atoms with Gasteiger partial charge in [0, 0.05) is 0 Å². The van der Waals surface area contributed by atoms with Gasteiger partial charge in [-0.2, -0.15) is 0 Å². The van der Waals surface area contributed by atoms with Crippen molar-refractivity contribution in [3.8, 4) is 11.5 Å². The summed E-state index contributed by atoms with van der Waals surface area (Å²) in [6.45, 7) is 6.16. The molecule has 0 heterocycles. The van der Waals surface area contributed by atoms with Crippen LogP contribution in [0.15, 0.2) is 18.2 Å². The Bertz CT molecular complexity index is 289. The van der Waals surface area contributed by atoms with Crippen LogP contribution < -0.4 is 0 Å². The third-order valence-corrected chi connectivity index (χ3v) is 1.84. The Morgan fingerprint density at radius 2 is 1.54 bits per heavy atom. The Balaban J connectivity index is 0.00000144. The van der Waals surface area contributed by atoms with Crippen LogP contribution in [0.3, 0.4) is 0 Å². The Labute approximate surface area is 95.6 Å². The van der Waals surface area contributed by atoms with Gasteiger partial charge in [0.25, 0.3) is 0 Å². The predicted molar refractivity (Wildman–Crippen MR) is 54.2 cm³/mol. The van der Waals surface area contributed by atoms with E-state index in [-0.39, 0.29) is 40.8 Å². The van der Waals surface area contributed by atoms with Crippen LogP contribution in [0.1, 0.15) is 26.3 Å². The SMILES string of the molecule is CC(C)(C)c1ccc(O)c(O)c1.[Sn+2]. The van der Waals surface area contributed by atoms with Gasteiger partial charge in [0.2, 0.25) is 0 Å². The molecule has 0 aliphatic heterocycles. The smallest absolute Gasteiger partial charge is 0.504 e. The quantitative estimate of drug-likeness (QED) is 0.565. The van der Waals surface area contributed by atoms with Crippen molar-refractivity contribution in [3.63, 3.8) is 0 Å². The maximum Gasteiger partial charge on any atom is 2.00 e. The van der Waals surface area contributed by atoms with Crippen molar-refractivity contribution in [1.29, 1.82) is 0 Å². The van der Waals surface area contributed by atoms with Crippen molar-refractivity contribution in [2.45, 2.75) is 26.2 Å². The topological polar surface area (TPSA) is 40.5 Å². The molecule has 13 heavy (non-hydrogen) atoms. The average molecular weight is 285 g/mol. The van der Waals surface area contributed by atoms with Crippen molar-refractivity contribution >= 4 is 23.9 Å². The molecule has 0 saturated heterocycles. The molecule has 1 rings (SSSR count). The molecule has 0 aliphatic rings. The minimum Gasteiger partial charge on any atom is -0.504 e. The van der Waals surface area contributed by atoms with Crippen molar-refractivity contribution in [2.75, 3.05) is 0 Å². The number of hydrogen-bond acceptors (Lipinski definition) is 2. The fourth-order valence-electron chi connectivity index (χ4n) is 0.990. The van der Waals surface area contributed by atoms with E-state index in [2.05, 4.69) is 20.8 Å². The number of rotatable bonds is 0. The fraction of sp³-hybridized carbons (Fsp3) is 0.400. The van der Waals surface area contributed by atoms with E-state index < -0.39 is 0 Å². The molecule has 0 spiro atoms. The molecule has 0 unspecified atom stereocenters. The molecule has 1 aromatic rings. The van der Waals surface area contributed by atoms with E-state index >= 15 is 0 Å². The van der Waals surface area contributed by atoms with Gasteiger partial charge in [-0.15, -0.1) is 0 Å². The van der Waals surface area contributed by atoms with Gasteiger partial charge < -0.3 is 10.2 Å². The van der Waals surface area contributed by atoms with Crippen molar-refractivity contribution in [3.05, 3.63) is 23.8 Å². The molecular formula is C10H14O2Sn+2. The minimum atomic E-state index is -0.0667. The molecule has 0 fully saturated rings. The maximum atomic E-state index is 9.21. The summed E-state index contributed by atoms with van der Waals surface area (Å²) in [6, 6.07) is 4.92. The first-order valence-electron chi connectivity index (χ1n) is 3.94. The summed E-state index contributed by atoms with van der Waals surface area (Å²) in [7, 11) is 0. The van der Waals surface area contributed by atoms with Crippen LogP contribution in [-0.2, 0) is 5.41 Å². The van der Waals surface area contributed by atoms with E-state index in [0.29, 0.717) is 0 Å². The van der Waals surface area contributed by atoms with Gasteiger partial charge in [0.05, 0.1) is 0 Å². The zero-order chi connectivity index (χ0) is 9.35. The van der Waals surface area contributed by atoms with Crippen LogP contribution >= 0.6 is 0 Å². The average Bonchev–Trinajstić information content (AvgIpc) is 1.92. The summed E-state index contributed by atoms with van der Waals surface area (Å²) in [4.78, 5) is 0. The van der Waals surface area contributed by atoms with E-state index in [1.807, 2.05) is 6.07 Å². The molecule has 2 radical (unpaired) electrons. The third-order valence-electron chi connectivity index (χ3n) is 1.84. The van der Waals surface area contributed by atoms with Gasteiger partial charge in [-0.3, -0.25) is 0 Å². The van der Waals surface area contributed by atoms with Gasteiger partial charge in [-0.25, -0.2) is 0 Å². The summed E-state index contributed by atoms with van der Waals surface area (Å²) in [5, 5.41) is 18.3. The van der Waals surface area contributed by atoms with Crippen molar-refractivity contribution in [2.24, 2.45) is 0 Å². The maximum absolute atomic E-state index is 9.21. The number of aromatic hydroxyl groups is 2. The van der Waals surface area contributed by atoms with E-state index in [1.165, 1.54) is 6.07 Å². The van der Waals surface area contributed by atoms with Crippen LogP contribution in [0.25, 0.3) is 0 Å². The molecule has 0 saturated carbocycles. The molecule has 2 N–H and O–H groups in total. The number of phenolic OH excluding ortho intramolecular Hbond substituents is 2.